The SMILES string of the molecule is CC(=O)C1=NC(CC(=O)O)c2ccc(-c3cnc(C)nc3)cc21. The zero-order valence-corrected chi connectivity index (χ0v) is 12.8. The summed E-state index contributed by atoms with van der Waals surface area (Å²) in [6, 6.07) is 5.05. The molecule has 23 heavy (non-hydrogen) atoms. The molecule has 0 saturated heterocycles. The number of carbonyl (C=O) groups excluding carboxylic acids is 1. The lowest BCUT2D eigenvalue weighted by atomic mass is 9.94. The summed E-state index contributed by atoms with van der Waals surface area (Å²) in [6.45, 7) is 3.25. The molecule has 1 N–H and O–H groups in total. The number of aromatic nitrogens is 2. The molecule has 0 bridgehead atoms. The maximum Gasteiger partial charge on any atom is 0.305 e. The second kappa shape index (κ2) is 5.72. The molecule has 1 atom stereocenters. The van der Waals surface area contributed by atoms with Crippen molar-refractivity contribution in [2.75, 3.05) is 0 Å². The Balaban J connectivity index is 2.06. The molecule has 1 aromatic carbocycles. The summed E-state index contributed by atoms with van der Waals surface area (Å²) in [7, 11) is 0. The quantitative estimate of drug-likeness (QED) is 0.936. The third-order valence-electron chi connectivity index (χ3n) is 3.77. The maximum absolute atomic E-state index is 11.8. The Morgan fingerprint density at radius 1 is 1.17 bits per heavy atom. The Kier molecular flexibility index (Phi) is 3.73. The first kappa shape index (κ1) is 15.0. The van der Waals surface area contributed by atoms with Crippen LogP contribution in [0.25, 0.3) is 11.1 Å². The fourth-order valence-electron chi connectivity index (χ4n) is 2.67. The summed E-state index contributed by atoms with van der Waals surface area (Å²) in [5.74, 6) is -0.427. The Morgan fingerprint density at radius 2 is 1.87 bits per heavy atom. The number of aliphatic carboxylic acids is 1. The van der Waals surface area contributed by atoms with Gasteiger partial charge in [-0.2, -0.15) is 0 Å². The fraction of sp³-hybridized carbons (Fsp3) is 0.235. The van der Waals surface area contributed by atoms with Crippen LogP contribution in [0.1, 0.15) is 36.3 Å². The molecule has 6 heteroatoms. The van der Waals surface area contributed by atoms with Gasteiger partial charge in [-0.15, -0.1) is 0 Å². The summed E-state index contributed by atoms with van der Waals surface area (Å²) >= 11 is 0. The van der Waals surface area contributed by atoms with Crippen LogP contribution < -0.4 is 0 Å². The van der Waals surface area contributed by atoms with Gasteiger partial charge in [0.1, 0.15) is 11.5 Å². The molecule has 0 radical (unpaired) electrons. The number of Topliss-reactive ketones (excluding diaryl/α,β-unsaturated/α-hetero) is 1. The monoisotopic (exact) mass is 309 g/mol. The van der Waals surface area contributed by atoms with Crippen LogP contribution in [0, 0.1) is 6.92 Å². The lowest BCUT2D eigenvalue weighted by molar-refractivity contribution is -0.137. The number of nitrogens with zero attached hydrogens (tertiary/aromatic N) is 3. The van der Waals surface area contributed by atoms with Crippen molar-refractivity contribution in [2.45, 2.75) is 26.3 Å². The van der Waals surface area contributed by atoms with Gasteiger partial charge < -0.3 is 5.11 Å². The molecule has 0 fully saturated rings. The predicted octanol–water partition coefficient (Wildman–Crippen LogP) is 2.36. The third kappa shape index (κ3) is 2.88. The summed E-state index contributed by atoms with van der Waals surface area (Å²) < 4.78 is 0. The van der Waals surface area contributed by atoms with Crippen LogP contribution in [0.3, 0.4) is 0 Å². The second-order valence-corrected chi connectivity index (χ2v) is 5.47. The molecule has 0 amide bonds. The predicted molar refractivity (Wildman–Crippen MR) is 84.4 cm³/mol. The first-order valence-corrected chi connectivity index (χ1v) is 7.19. The smallest absolute Gasteiger partial charge is 0.305 e. The molecule has 0 saturated carbocycles. The highest BCUT2D eigenvalue weighted by Crippen LogP contribution is 2.35. The van der Waals surface area contributed by atoms with E-state index in [9.17, 15) is 9.59 Å². The van der Waals surface area contributed by atoms with E-state index in [1.807, 2.05) is 25.1 Å². The van der Waals surface area contributed by atoms with Crippen molar-refractivity contribution < 1.29 is 14.7 Å². The number of hydrogen-bond donors (Lipinski definition) is 1. The first-order chi connectivity index (χ1) is 11.0. The molecule has 6 nitrogen and oxygen atoms in total. The lowest BCUT2D eigenvalue weighted by Gasteiger charge is -2.09. The van der Waals surface area contributed by atoms with Gasteiger partial charge in [0.05, 0.1) is 12.5 Å². The van der Waals surface area contributed by atoms with Gasteiger partial charge in [-0.25, -0.2) is 9.97 Å². The number of carbonyl (C=O) groups is 2. The number of benzene rings is 1. The highest BCUT2D eigenvalue weighted by Gasteiger charge is 2.29. The summed E-state index contributed by atoms with van der Waals surface area (Å²) in [5.41, 5.74) is 3.51. The Labute approximate surface area is 132 Å². The zero-order chi connectivity index (χ0) is 16.6. The Hall–Kier alpha value is -2.89. The van der Waals surface area contributed by atoms with Crippen molar-refractivity contribution in [1.29, 1.82) is 0 Å². The average molecular weight is 309 g/mol. The Morgan fingerprint density at radius 3 is 2.48 bits per heavy atom. The Bertz CT molecular complexity index is 825. The summed E-state index contributed by atoms with van der Waals surface area (Å²) in [6.07, 6.45) is 3.31. The van der Waals surface area contributed by atoms with Crippen molar-refractivity contribution >= 4 is 17.5 Å². The lowest BCUT2D eigenvalue weighted by Crippen LogP contribution is -2.09. The van der Waals surface area contributed by atoms with Crippen LogP contribution in [0.4, 0.5) is 0 Å². The van der Waals surface area contributed by atoms with Crippen LogP contribution in [0.5, 0.6) is 0 Å². The van der Waals surface area contributed by atoms with Crippen molar-refractivity contribution in [3.05, 3.63) is 47.5 Å². The molecule has 0 aliphatic carbocycles. The number of carboxylic acids is 1. The number of hydrogen-bond acceptors (Lipinski definition) is 5. The van der Waals surface area contributed by atoms with Gasteiger partial charge in [0.15, 0.2) is 5.78 Å². The number of carboxylic acid groups (broad SMARTS) is 1. The molecular weight excluding hydrogens is 294 g/mol. The summed E-state index contributed by atoms with van der Waals surface area (Å²) in [4.78, 5) is 35.5. The minimum Gasteiger partial charge on any atom is -0.481 e. The second-order valence-electron chi connectivity index (χ2n) is 5.47. The molecule has 116 valence electrons. The van der Waals surface area contributed by atoms with Crippen LogP contribution in [0.2, 0.25) is 0 Å². The fourth-order valence-corrected chi connectivity index (χ4v) is 2.67. The van der Waals surface area contributed by atoms with Gasteiger partial charge in [-0.1, -0.05) is 12.1 Å². The van der Waals surface area contributed by atoms with E-state index < -0.39 is 12.0 Å². The normalized spacial score (nSPS) is 15.9. The molecule has 2 aromatic rings. The minimum absolute atomic E-state index is 0.128. The highest BCUT2D eigenvalue weighted by atomic mass is 16.4. The van der Waals surface area contributed by atoms with Crippen molar-refractivity contribution in [2.24, 2.45) is 4.99 Å². The van der Waals surface area contributed by atoms with E-state index in [0.717, 1.165) is 16.7 Å². The topological polar surface area (TPSA) is 92.5 Å². The molecule has 2 heterocycles. The number of aliphatic imine (C=N–C) groups is 1. The molecule has 1 aliphatic heterocycles. The largest absolute Gasteiger partial charge is 0.481 e. The van der Waals surface area contributed by atoms with E-state index in [1.165, 1.54) is 6.92 Å². The molecule has 1 unspecified atom stereocenters. The average Bonchev–Trinajstić information content (AvgIpc) is 2.85. The van der Waals surface area contributed by atoms with Crippen LogP contribution in [-0.2, 0) is 9.59 Å². The number of aryl methyl sites for hydroxylation is 1. The van der Waals surface area contributed by atoms with E-state index in [0.29, 0.717) is 17.1 Å². The van der Waals surface area contributed by atoms with Crippen molar-refractivity contribution in [3.8, 4) is 11.1 Å². The van der Waals surface area contributed by atoms with Gasteiger partial charge in [0.25, 0.3) is 0 Å². The third-order valence-corrected chi connectivity index (χ3v) is 3.77. The van der Waals surface area contributed by atoms with Crippen LogP contribution >= 0.6 is 0 Å². The van der Waals surface area contributed by atoms with Gasteiger partial charge in [0, 0.05) is 30.4 Å². The zero-order valence-electron chi connectivity index (χ0n) is 12.8. The van der Waals surface area contributed by atoms with Crippen LogP contribution in [-0.4, -0.2) is 32.5 Å². The molecular formula is C17H15N3O3. The maximum atomic E-state index is 11.8. The molecule has 1 aliphatic rings. The number of ketones is 1. The van der Waals surface area contributed by atoms with Gasteiger partial charge in [-0.3, -0.25) is 14.6 Å². The van der Waals surface area contributed by atoms with Crippen molar-refractivity contribution in [3.63, 3.8) is 0 Å². The van der Waals surface area contributed by atoms with E-state index >= 15 is 0 Å². The van der Waals surface area contributed by atoms with E-state index in [4.69, 9.17) is 5.11 Å². The first-order valence-electron chi connectivity index (χ1n) is 7.19. The highest BCUT2D eigenvalue weighted by molar-refractivity contribution is 6.46. The van der Waals surface area contributed by atoms with E-state index in [2.05, 4.69) is 15.0 Å². The molecule has 1 aromatic heterocycles. The van der Waals surface area contributed by atoms with E-state index in [1.54, 1.807) is 12.4 Å². The number of fused-ring (bicyclic) bond motifs is 1. The number of rotatable bonds is 4. The van der Waals surface area contributed by atoms with Crippen molar-refractivity contribution in [1.82, 2.24) is 9.97 Å². The standard InChI is InChI=1S/C17H15N3O3/c1-9(21)17-14-5-11(12-7-18-10(2)19-8-12)3-4-13(14)15(20-17)6-16(22)23/h3-5,7-8,15H,6H2,1-2H3,(H,22,23). The molecule has 0 spiro atoms. The molecule has 3 rings (SSSR count). The van der Waals surface area contributed by atoms with Gasteiger partial charge >= 0.3 is 5.97 Å². The summed E-state index contributed by atoms with van der Waals surface area (Å²) in [5, 5.41) is 9.01. The van der Waals surface area contributed by atoms with E-state index in [-0.39, 0.29) is 12.2 Å². The minimum atomic E-state index is -0.939. The van der Waals surface area contributed by atoms with Crippen LogP contribution in [0.15, 0.2) is 35.6 Å². The van der Waals surface area contributed by atoms with Gasteiger partial charge in [0.2, 0.25) is 0 Å². The van der Waals surface area contributed by atoms with Gasteiger partial charge in [-0.05, 0) is 24.1 Å².